The Balaban J connectivity index is 2.68. The van der Waals surface area contributed by atoms with Crippen molar-refractivity contribution in [3.05, 3.63) is 0 Å². The predicted molar refractivity (Wildman–Crippen MR) is 64.5 cm³/mol. The van der Waals surface area contributed by atoms with E-state index >= 15 is 0 Å². The van der Waals surface area contributed by atoms with Gasteiger partial charge in [-0.25, -0.2) is 8.78 Å². The average molecular weight is 268 g/mol. The van der Waals surface area contributed by atoms with Gasteiger partial charge in [0.15, 0.2) is 0 Å². The molecule has 2 nitrogen and oxygen atoms in total. The number of halogens is 3. The molecule has 0 aromatic carbocycles. The Morgan fingerprint density at radius 2 is 1.94 bits per heavy atom. The van der Waals surface area contributed by atoms with Crippen LogP contribution in [0.15, 0.2) is 0 Å². The van der Waals surface area contributed by atoms with Gasteiger partial charge in [-0.1, -0.05) is 26.2 Å². The highest BCUT2D eigenvalue weighted by molar-refractivity contribution is 6.18. The number of alkyl halides is 3. The second-order valence-corrected chi connectivity index (χ2v) is 5.33. The van der Waals surface area contributed by atoms with Crippen molar-refractivity contribution in [1.29, 1.82) is 0 Å². The van der Waals surface area contributed by atoms with Crippen LogP contribution in [-0.2, 0) is 4.79 Å². The van der Waals surface area contributed by atoms with E-state index in [1.807, 2.05) is 6.92 Å². The topological polar surface area (TPSA) is 20.3 Å². The second-order valence-electron chi connectivity index (χ2n) is 4.95. The first-order valence-corrected chi connectivity index (χ1v) is 6.66. The molecule has 0 heterocycles. The van der Waals surface area contributed by atoms with Crippen LogP contribution in [0.4, 0.5) is 8.78 Å². The molecule has 17 heavy (non-hydrogen) atoms. The summed E-state index contributed by atoms with van der Waals surface area (Å²) in [6.07, 6.45) is 2.25. The van der Waals surface area contributed by atoms with Crippen molar-refractivity contribution in [3.63, 3.8) is 0 Å². The summed E-state index contributed by atoms with van der Waals surface area (Å²) in [6, 6.07) is 0. The van der Waals surface area contributed by atoms with Crippen molar-refractivity contribution in [1.82, 2.24) is 4.90 Å². The van der Waals surface area contributed by atoms with Crippen molar-refractivity contribution in [2.24, 2.45) is 5.41 Å². The third kappa shape index (κ3) is 4.09. The molecular formula is C12H20ClF2NO. The fraction of sp³-hybridized carbons (Fsp3) is 0.917. The number of hydrogen-bond acceptors (Lipinski definition) is 1. The maximum atomic E-state index is 12.4. The summed E-state index contributed by atoms with van der Waals surface area (Å²) in [5, 5.41) is 0. The van der Waals surface area contributed by atoms with E-state index in [1.54, 1.807) is 0 Å². The largest absolute Gasteiger partial charge is 0.335 e. The van der Waals surface area contributed by atoms with Crippen molar-refractivity contribution in [2.45, 2.75) is 45.5 Å². The molecule has 1 aliphatic rings. The Hall–Kier alpha value is -0.380. The third-order valence-electron chi connectivity index (χ3n) is 3.47. The lowest BCUT2D eigenvalue weighted by Gasteiger charge is -2.36. The summed E-state index contributed by atoms with van der Waals surface area (Å²) in [6.45, 7) is 1.60. The van der Waals surface area contributed by atoms with Crippen molar-refractivity contribution in [3.8, 4) is 0 Å². The van der Waals surface area contributed by atoms with Crippen molar-refractivity contribution < 1.29 is 13.6 Å². The molecule has 0 aliphatic heterocycles. The van der Waals surface area contributed by atoms with Crippen LogP contribution in [0.2, 0.25) is 0 Å². The Labute approximate surface area is 106 Å². The molecule has 1 aliphatic carbocycles. The Bertz CT molecular complexity index is 255. The number of carbonyl (C=O) groups excluding carboxylic acids is 1. The average Bonchev–Trinajstić information content (AvgIpc) is 2.28. The molecule has 1 rings (SSSR count). The molecule has 0 N–H and O–H groups in total. The first-order chi connectivity index (χ1) is 7.99. The molecule has 100 valence electrons. The van der Waals surface area contributed by atoms with Crippen LogP contribution < -0.4 is 0 Å². The summed E-state index contributed by atoms with van der Waals surface area (Å²) < 4.78 is 24.8. The summed E-state index contributed by atoms with van der Waals surface area (Å²) >= 11 is 5.57. The molecule has 0 aromatic rings. The standard InChI is InChI=1S/C12H20ClF2NO/c1-12(5-3-2-4-6-12)11(17)16(8-7-13)9-10(14)15/h10H,2-9H2,1H3. The van der Waals surface area contributed by atoms with E-state index < -0.39 is 18.4 Å². The third-order valence-corrected chi connectivity index (χ3v) is 3.64. The zero-order valence-electron chi connectivity index (χ0n) is 10.2. The number of rotatable bonds is 5. The Morgan fingerprint density at radius 3 is 2.41 bits per heavy atom. The van der Waals surface area contributed by atoms with Gasteiger partial charge < -0.3 is 4.90 Å². The van der Waals surface area contributed by atoms with E-state index in [4.69, 9.17) is 11.6 Å². The molecule has 1 amide bonds. The highest BCUT2D eigenvalue weighted by Gasteiger charge is 2.37. The minimum atomic E-state index is -2.49. The van der Waals surface area contributed by atoms with E-state index in [2.05, 4.69) is 0 Å². The number of hydrogen-bond donors (Lipinski definition) is 0. The zero-order chi connectivity index (χ0) is 12.9. The second kappa shape index (κ2) is 6.53. The van der Waals surface area contributed by atoms with Gasteiger partial charge in [-0.2, -0.15) is 0 Å². The zero-order valence-corrected chi connectivity index (χ0v) is 11.0. The number of amides is 1. The Morgan fingerprint density at radius 1 is 1.35 bits per heavy atom. The first-order valence-electron chi connectivity index (χ1n) is 6.13. The van der Waals surface area contributed by atoms with E-state index in [1.165, 1.54) is 4.90 Å². The van der Waals surface area contributed by atoms with E-state index in [-0.39, 0.29) is 18.3 Å². The van der Waals surface area contributed by atoms with E-state index in [9.17, 15) is 13.6 Å². The first kappa shape index (κ1) is 14.7. The van der Waals surface area contributed by atoms with Gasteiger partial charge in [0.25, 0.3) is 6.43 Å². The molecular weight excluding hydrogens is 248 g/mol. The lowest BCUT2D eigenvalue weighted by molar-refractivity contribution is -0.144. The van der Waals surface area contributed by atoms with Crippen LogP contribution >= 0.6 is 11.6 Å². The van der Waals surface area contributed by atoms with Crippen molar-refractivity contribution in [2.75, 3.05) is 19.0 Å². The molecule has 1 saturated carbocycles. The number of carbonyl (C=O) groups is 1. The van der Waals surface area contributed by atoms with Gasteiger partial charge in [0.05, 0.1) is 6.54 Å². The van der Waals surface area contributed by atoms with Crippen LogP contribution in [0.3, 0.4) is 0 Å². The van der Waals surface area contributed by atoms with Gasteiger partial charge in [-0.3, -0.25) is 4.79 Å². The van der Waals surface area contributed by atoms with Crippen LogP contribution in [0.25, 0.3) is 0 Å². The van der Waals surface area contributed by atoms with Gasteiger partial charge in [-0.05, 0) is 12.8 Å². The van der Waals surface area contributed by atoms with Gasteiger partial charge in [0.2, 0.25) is 5.91 Å². The minimum Gasteiger partial charge on any atom is -0.335 e. The highest BCUT2D eigenvalue weighted by atomic mass is 35.5. The van der Waals surface area contributed by atoms with Gasteiger partial charge in [0.1, 0.15) is 0 Å². The van der Waals surface area contributed by atoms with Gasteiger partial charge in [0, 0.05) is 17.8 Å². The molecule has 0 saturated heterocycles. The Kier molecular flexibility index (Phi) is 5.63. The predicted octanol–water partition coefficient (Wildman–Crippen LogP) is 3.29. The van der Waals surface area contributed by atoms with Gasteiger partial charge >= 0.3 is 0 Å². The molecule has 0 unspecified atom stereocenters. The molecule has 0 bridgehead atoms. The molecule has 1 fully saturated rings. The van der Waals surface area contributed by atoms with Crippen LogP contribution in [0.5, 0.6) is 0 Å². The van der Waals surface area contributed by atoms with E-state index in [0.717, 1.165) is 32.1 Å². The molecule has 0 spiro atoms. The van der Waals surface area contributed by atoms with Gasteiger partial charge in [-0.15, -0.1) is 11.6 Å². The maximum Gasteiger partial charge on any atom is 0.255 e. The van der Waals surface area contributed by atoms with Crippen molar-refractivity contribution >= 4 is 17.5 Å². The lowest BCUT2D eigenvalue weighted by atomic mass is 9.74. The molecule has 0 atom stereocenters. The maximum absolute atomic E-state index is 12.4. The molecule has 0 aromatic heterocycles. The van der Waals surface area contributed by atoms with Crippen LogP contribution in [0, 0.1) is 5.41 Å². The summed E-state index contributed by atoms with van der Waals surface area (Å²) in [4.78, 5) is 13.5. The smallest absolute Gasteiger partial charge is 0.255 e. The van der Waals surface area contributed by atoms with Crippen LogP contribution in [0.1, 0.15) is 39.0 Å². The molecule has 0 radical (unpaired) electrons. The normalized spacial score (nSPS) is 19.4. The van der Waals surface area contributed by atoms with E-state index in [0.29, 0.717) is 0 Å². The monoisotopic (exact) mass is 267 g/mol. The summed E-state index contributed by atoms with van der Waals surface area (Å²) in [7, 11) is 0. The lowest BCUT2D eigenvalue weighted by Crippen LogP contribution is -2.46. The fourth-order valence-electron chi connectivity index (χ4n) is 2.47. The quantitative estimate of drug-likeness (QED) is 0.700. The SMILES string of the molecule is CC1(C(=O)N(CCCl)CC(F)F)CCCCC1. The van der Waals surface area contributed by atoms with Crippen LogP contribution in [-0.4, -0.2) is 36.2 Å². The summed E-state index contributed by atoms with van der Waals surface area (Å²) in [5.74, 6) is 0.0484. The fourth-order valence-corrected chi connectivity index (χ4v) is 2.68. The minimum absolute atomic E-state index is 0.154. The highest BCUT2D eigenvalue weighted by Crippen LogP contribution is 2.37. The summed E-state index contributed by atoms with van der Waals surface area (Å²) in [5.41, 5.74) is -0.459. The number of nitrogens with zero attached hydrogens (tertiary/aromatic N) is 1. The molecule has 5 heteroatoms.